The van der Waals surface area contributed by atoms with E-state index in [4.69, 9.17) is 4.52 Å². The molecule has 4 heteroatoms. The van der Waals surface area contributed by atoms with Gasteiger partial charge in [0, 0.05) is 12.1 Å². The summed E-state index contributed by atoms with van der Waals surface area (Å²) in [6.07, 6.45) is 2.59. The number of hydrogen-bond donors (Lipinski definition) is 0. The fourth-order valence-electron chi connectivity index (χ4n) is 2.76. The van der Waals surface area contributed by atoms with Crippen molar-refractivity contribution in [2.24, 2.45) is 5.92 Å². The Balaban J connectivity index is 1.69. The van der Waals surface area contributed by atoms with Gasteiger partial charge in [0.2, 0.25) is 11.7 Å². The van der Waals surface area contributed by atoms with Crippen molar-refractivity contribution in [3.8, 4) is 11.4 Å². The summed E-state index contributed by atoms with van der Waals surface area (Å²) in [5, 5.41) is 4.09. The number of rotatable bonds is 3. The van der Waals surface area contributed by atoms with E-state index < -0.39 is 0 Å². The predicted octanol–water partition coefficient (Wildman–Crippen LogP) is 3.28. The summed E-state index contributed by atoms with van der Waals surface area (Å²) in [6, 6.07) is 8.20. The van der Waals surface area contributed by atoms with Crippen LogP contribution in [0.3, 0.4) is 0 Å². The number of piperidine rings is 1. The molecule has 1 saturated heterocycles. The first-order valence-electron chi connectivity index (χ1n) is 7.32. The molecule has 1 aromatic carbocycles. The smallest absolute Gasteiger partial charge is 0.241 e. The summed E-state index contributed by atoms with van der Waals surface area (Å²) >= 11 is 0. The SMILES string of the molecule is Cc1ccc(-c2noc(CN3CCCC(C)C3)n2)cc1. The van der Waals surface area contributed by atoms with Crippen LogP contribution in [0.5, 0.6) is 0 Å². The average Bonchev–Trinajstić information content (AvgIpc) is 2.88. The second kappa shape index (κ2) is 5.75. The maximum absolute atomic E-state index is 5.38. The molecule has 0 spiro atoms. The van der Waals surface area contributed by atoms with Crippen molar-refractivity contribution in [1.29, 1.82) is 0 Å². The number of aromatic nitrogens is 2. The van der Waals surface area contributed by atoms with Crippen LogP contribution in [0.1, 0.15) is 31.2 Å². The molecule has 0 bridgehead atoms. The van der Waals surface area contributed by atoms with E-state index in [1.807, 2.05) is 12.1 Å². The summed E-state index contributed by atoms with van der Waals surface area (Å²) in [4.78, 5) is 6.91. The summed E-state index contributed by atoms with van der Waals surface area (Å²) in [5.74, 6) is 2.17. The van der Waals surface area contributed by atoms with E-state index in [0.29, 0.717) is 5.82 Å². The van der Waals surface area contributed by atoms with Gasteiger partial charge in [0.05, 0.1) is 6.54 Å². The van der Waals surface area contributed by atoms with Crippen LogP contribution in [0.15, 0.2) is 28.8 Å². The first kappa shape index (κ1) is 13.3. The average molecular weight is 271 g/mol. The van der Waals surface area contributed by atoms with Crippen molar-refractivity contribution >= 4 is 0 Å². The molecular weight excluding hydrogens is 250 g/mol. The van der Waals surface area contributed by atoms with Crippen LogP contribution in [-0.2, 0) is 6.54 Å². The van der Waals surface area contributed by atoms with Crippen LogP contribution < -0.4 is 0 Å². The zero-order valence-electron chi connectivity index (χ0n) is 12.2. The first-order chi connectivity index (χ1) is 9.70. The van der Waals surface area contributed by atoms with E-state index in [-0.39, 0.29) is 0 Å². The van der Waals surface area contributed by atoms with Crippen LogP contribution in [0.4, 0.5) is 0 Å². The summed E-state index contributed by atoms with van der Waals surface area (Å²) in [6.45, 7) is 7.40. The minimum Gasteiger partial charge on any atom is -0.338 e. The molecule has 1 unspecified atom stereocenters. The Bertz CT molecular complexity index is 561. The van der Waals surface area contributed by atoms with Crippen molar-refractivity contribution in [2.75, 3.05) is 13.1 Å². The normalized spacial score (nSPS) is 20.2. The topological polar surface area (TPSA) is 42.2 Å². The minimum atomic E-state index is 0.685. The van der Waals surface area contributed by atoms with Crippen LogP contribution >= 0.6 is 0 Å². The van der Waals surface area contributed by atoms with E-state index in [2.05, 4.69) is 41.0 Å². The van der Waals surface area contributed by atoms with Gasteiger partial charge in [-0.2, -0.15) is 4.98 Å². The molecule has 3 rings (SSSR count). The molecule has 0 saturated carbocycles. The molecule has 1 aliphatic rings. The number of hydrogen-bond acceptors (Lipinski definition) is 4. The lowest BCUT2D eigenvalue weighted by atomic mass is 10.0. The van der Waals surface area contributed by atoms with Gasteiger partial charge in [0.15, 0.2) is 0 Å². The molecule has 1 aromatic heterocycles. The van der Waals surface area contributed by atoms with Gasteiger partial charge in [-0.1, -0.05) is 41.9 Å². The monoisotopic (exact) mass is 271 g/mol. The Morgan fingerprint density at radius 2 is 2.10 bits per heavy atom. The highest BCUT2D eigenvalue weighted by molar-refractivity contribution is 5.54. The quantitative estimate of drug-likeness (QED) is 0.859. The van der Waals surface area contributed by atoms with Gasteiger partial charge in [-0.25, -0.2) is 0 Å². The van der Waals surface area contributed by atoms with Crippen LogP contribution in [0.2, 0.25) is 0 Å². The number of aryl methyl sites for hydroxylation is 1. The summed E-state index contributed by atoms with van der Waals surface area (Å²) < 4.78 is 5.38. The van der Waals surface area contributed by atoms with Gasteiger partial charge in [0.1, 0.15) is 0 Å². The zero-order valence-corrected chi connectivity index (χ0v) is 12.2. The Morgan fingerprint density at radius 1 is 1.30 bits per heavy atom. The molecule has 1 fully saturated rings. The number of nitrogens with zero attached hydrogens (tertiary/aromatic N) is 3. The van der Waals surface area contributed by atoms with E-state index >= 15 is 0 Å². The van der Waals surface area contributed by atoms with Crippen LogP contribution in [0.25, 0.3) is 11.4 Å². The van der Waals surface area contributed by atoms with Gasteiger partial charge in [0.25, 0.3) is 0 Å². The summed E-state index contributed by atoms with van der Waals surface area (Å²) in [5.41, 5.74) is 2.25. The molecule has 106 valence electrons. The van der Waals surface area contributed by atoms with E-state index in [9.17, 15) is 0 Å². The molecule has 0 aliphatic carbocycles. The van der Waals surface area contributed by atoms with Crippen molar-refractivity contribution in [1.82, 2.24) is 15.0 Å². The van der Waals surface area contributed by atoms with Gasteiger partial charge < -0.3 is 4.52 Å². The molecular formula is C16H21N3O. The molecule has 0 radical (unpaired) electrons. The third-order valence-electron chi connectivity index (χ3n) is 3.88. The molecule has 2 heterocycles. The van der Waals surface area contributed by atoms with Gasteiger partial charge in [-0.15, -0.1) is 0 Å². The van der Waals surface area contributed by atoms with Crippen molar-refractivity contribution < 1.29 is 4.52 Å². The standard InChI is InChI=1S/C16H21N3O/c1-12-5-7-14(8-6-12)16-17-15(20-18-16)11-19-9-3-4-13(2)10-19/h5-8,13H,3-4,9-11H2,1-2H3. The predicted molar refractivity (Wildman–Crippen MR) is 78.1 cm³/mol. The highest BCUT2D eigenvalue weighted by Crippen LogP contribution is 2.19. The maximum Gasteiger partial charge on any atom is 0.241 e. The second-order valence-corrected chi connectivity index (χ2v) is 5.86. The fraction of sp³-hybridized carbons (Fsp3) is 0.500. The fourth-order valence-corrected chi connectivity index (χ4v) is 2.76. The number of benzene rings is 1. The molecule has 4 nitrogen and oxygen atoms in total. The Morgan fingerprint density at radius 3 is 2.85 bits per heavy atom. The van der Waals surface area contributed by atoms with E-state index in [1.165, 1.54) is 18.4 Å². The Hall–Kier alpha value is -1.68. The van der Waals surface area contributed by atoms with E-state index in [0.717, 1.165) is 37.0 Å². The third-order valence-corrected chi connectivity index (χ3v) is 3.88. The lowest BCUT2D eigenvalue weighted by Gasteiger charge is -2.29. The molecule has 1 aliphatic heterocycles. The largest absolute Gasteiger partial charge is 0.338 e. The molecule has 0 N–H and O–H groups in total. The first-order valence-corrected chi connectivity index (χ1v) is 7.32. The molecule has 0 amide bonds. The highest BCUT2D eigenvalue weighted by atomic mass is 16.5. The van der Waals surface area contributed by atoms with Crippen molar-refractivity contribution in [3.63, 3.8) is 0 Å². The van der Waals surface area contributed by atoms with Crippen LogP contribution in [0, 0.1) is 12.8 Å². The zero-order chi connectivity index (χ0) is 13.9. The van der Waals surface area contributed by atoms with Gasteiger partial charge in [-0.05, 0) is 32.2 Å². The molecule has 20 heavy (non-hydrogen) atoms. The Labute approximate surface area is 119 Å². The van der Waals surface area contributed by atoms with E-state index in [1.54, 1.807) is 0 Å². The maximum atomic E-state index is 5.38. The highest BCUT2D eigenvalue weighted by Gasteiger charge is 2.19. The molecule has 2 aromatic rings. The summed E-state index contributed by atoms with van der Waals surface area (Å²) in [7, 11) is 0. The minimum absolute atomic E-state index is 0.685. The van der Waals surface area contributed by atoms with Crippen molar-refractivity contribution in [2.45, 2.75) is 33.2 Å². The van der Waals surface area contributed by atoms with Crippen LogP contribution in [-0.4, -0.2) is 28.1 Å². The van der Waals surface area contributed by atoms with Gasteiger partial charge >= 0.3 is 0 Å². The lowest BCUT2D eigenvalue weighted by molar-refractivity contribution is 0.157. The lowest BCUT2D eigenvalue weighted by Crippen LogP contribution is -2.33. The van der Waals surface area contributed by atoms with Gasteiger partial charge in [-0.3, -0.25) is 4.90 Å². The second-order valence-electron chi connectivity index (χ2n) is 5.86. The number of likely N-dealkylation sites (tertiary alicyclic amines) is 1. The molecule has 1 atom stereocenters. The van der Waals surface area contributed by atoms with Crippen molar-refractivity contribution in [3.05, 3.63) is 35.7 Å². The Kier molecular flexibility index (Phi) is 3.83. The third kappa shape index (κ3) is 3.07.